The largest absolute Gasteiger partial charge is 0.481 e. The van der Waals surface area contributed by atoms with Crippen LogP contribution >= 0.6 is 15.9 Å². The van der Waals surface area contributed by atoms with Crippen molar-refractivity contribution in [2.24, 2.45) is 5.92 Å². The first-order valence-corrected chi connectivity index (χ1v) is 6.62. The van der Waals surface area contributed by atoms with Crippen molar-refractivity contribution >= 4 is 21.9 Å². The summed E-state index contributed by atoms with van der Waals surface area (Å²) in [6, 6.07) is 1.39. The molecule has 0 spiro atoms. The van der Waals surface area contributed by atoms with Gasteiger partial charge in [0.2, 0.25) is 0 Å². The number of rotatable bonds is 2. The second kappa shape index (κ2) is 4.97. The van der Waals surface area contributed by atoms with Crippen molar-refractivity contribution in [2.45, 2.75) is 26.3 Å². The zero-order chi connectivity index (χ0) is 13.4. The molecule has 0 amide bonds. The van der Waals surface area contributed by atoms with Gasteiger partial charge < -0.3 is 10.4 Å². The van der Waals surface area contributed by atoms with Gasteiger partial charge in [0.05, 0.1) is 10.4 Å². The summed E-state index contributed by atoms with van der Waals surface area (Å²) in [7, 11) is 0. The van der Waals surface area contributed by atoms with Gasteiger partial charge in [0.1, 0.15) is 5.82 Å². The predicted octanol–water partition coefficient (Wildman–Crippen LogP) is 2.94. The van der Waals surface area contributed by atoms with E-state index in [1.54, 1.807) is 0 Å². The van der Waals surface area contributed by atoms with Crippen LogP contribution in [-0.4, -0.2) is 17.6 Å². The molecule has 5 heteroatoms. The van der Waals surface area contributed by atoms with E-state index < -0.39 is 11.9 Å². The molecular weight excluding hydrogens is 301 g/mol. The maximum absolute atomic E-state index is 13.7. The molecule has 18 heavy (non-hydrogen) atoms. The number of hydrogen-bond donors (Lipinski definition) is 2. The van der Waals surface area contributed by atoms with E-state index in [9.17, 15) is 9.18 Å². The van der Waals surface area contributed by atoms with Gasteiger partial charge in [0.25, 0.3) is 0 Å². The van der Waals surface area contributed by atoms with E-state index in [0.717, 1.165) is 16.7 Å². The second-order valence-electron chi connectivity index (χ2n) is 4.76. The summed E-state index contributed by atoms with van der Waals surface area (Å²) < 4.78 is 14.2. The van der Waals surface area contributed by atoms with Crippen molar-refractivity contribution in [3.8, 4) is 0 Å². The number of aryl methyl sites for hydroxylation is 1. The summed E-state index contributed by atoms with van der Waals surface area (Å²) in [5.74, 6) is -1.49. The molecule has 2 N–H and O–H groups in total. The van der Waals surface area contributed by atoms with E-state index in [1.807, 2.05) is 13.8 Å². The van der Waals surface area contributed by atoms with Gasteiger partial charge in [-0.05, 0) is 59.0 Å². The minimum atomic E-state index is -0.799. The predicted molar refractivity (Wildman–Crippen MR) is 70.1 cm³/mol. The third-order valence-electron chi connectivity index (χ3n) is 3.61. The number of carboxylic acid groups (broad SMARTS) is 1. The lowest BCUT2D eigenvalue weighted by atomic mass is 9.94. The van der Waals surface area contributed by atoms with Crippen LogP contribution in [0.3, 0.4) is 0 Å². The molecule has 0 bridgehead atoms. The zero-order valence-corrected chi connectivity index (χ0v) is 11.8. The standard InChI is InChI=1S/C13H15BrFNO2/c1-6-3-9(15)12(14)11(7(6)2)10-4-8(5-16-10)13(17)18/h3,8,10,16H,4-5H2,1-2H3,(H,17,18). The van der Waals surface area contributed by atoms with Crippen molar-refractivity contribution in [1.29, 1.82) is 0 Å². The summed E-state index contributed by atoms with van der Waals surface area (Å²) in [5.41, 5.74) is 2.73. The smallest absolute Gasteiger partial charge is 0.307 e. The molecule has 0 radical (unpaired) electrons. The van der Waals surface area contributed by atoms with Crippen LogP contribution in [-0.2, 0) is 4.79 Å². The molecule has 2 rings (SSSR count). The Bertz CT molecular complexity index is 478. The number of benzene rings is 1. The molecule has 0 saturated carbocycles. The van der Waals surface area contributed by atoms with Gasteiger partial charge in [0.15, 0.2) is 0 Å². The molecule has 98 valence electrons. The average Bonchev–Trinajstić information content (AvgIpc) is 2.76. The summed E-state index contributed by atoms with van der Waals surface area (Å²) in [4.78, 5) is 11.0. The number of carboxylic acids is 1. The van der Waals surface area contributed by atoms with Gasteiger partial charge in [-0.25, -0.2) is 4.39 Å². The van der Waals surface area contributed by atoms with Gasteiger partial charge in [-0.15, -0.1) is 0 Å². The quantitative estimate of drug-likeness (QED) is 0.882. The molecule has 1 aliphatic heterocycles. The highest BCUT2D eigenvalue weighted by atomic mass is 79.9. The summed E-state index contributed by atoms with van der Waals surface area (Å²) in [6.45, 7) is 4.23. The third kappa shape index (κ3) is 2.29. The Labute approximate surface area is 114 Å². The fourth-order valence-electron chi connectivity index (χ4n) is 2.43. The average molecular weight is 316 g/mol. The van der Waals surface area contributed by atoms with Crippen LogP contribution in [0.25, 0.3) is 0 Å². The lowest BCUT2D eigenvalue weighted by molar-refractivity contribution is -0.141. The highest BCUT2D eigenvalue weighted by Gasteiger charge is 2.32. The summed E-state index contributed by atoms with van der Waals surface area (Å²) >= 11 is 3.27. The highest BCUT2D eigenvalue weighted by Crippen LogP contribution is 2.36. The van der Waals surface area contributed by atoms with Crippen LogP contribution in [0.1, 0.15) is 29.2 Å². The Morgan fingerprint density at radius 2 is 2.22 bits per heavy atom. The molecule has 0 aromatic heterocycles. The monoisotopic (exact) mass is 315 g/mol. The third-order valence-corrected chi connectivity index (χ3v) is 4.42. The Hall–Kier alpha value is -0.940. The number of carbonyl (C=O) groups is 1. The van der Waals surface area contributed by atoms with E-state index in [0.29, 0.717) is 17.4 Å². The molecule has 0 aliphatic carbocycles. The van der Waals surface area contributed by atoms with E-state index >= 15 is 0 Å². The topological polar surface area (TPSA) is 49.3 Å². The zero-order valence-electron chi connectivity index (χ0n) is 10.3. The lowest BCUT2D eigenvalue weighted by Gasteiger charge is -2.18. The minimum Gasteiger partial charge on any atom is -0.481 e. The maximum Gasteiger partial charge on any atom is 0.307 e. The van der Waals surface area contributed by atoms with Crippen molar-refractivity contribution in [1.82, 2.24) is 5.32 Å². The van der Waals surface area contributed by atoms with Crippen LogP contribution in [0.5, 0.6) is 0 Å². The first kappa shape index (κ1) is 13.5. The summed E-state index contributed by atoms with van der Waals surface area (Å²) in [5, 5.41) is 12.2. The number of hydrogen-bond acceptors (Lipinski definition) is 2. The molecule has 3 nitrogen and oxygen atoms in total. The first-order chi connectivity index (χ1) is 8.41. The van der Waals surface area contributed by atoms with Crippen molar-refractivity contribution in [2.75, 3.05) is 6.54 Å². The van der Waals surface area contributed by atoms with E-state index in [1.165, 1.54) is 6.07 Å². The Morgan fingerprint density at radius 1 is 1.56 bits per heavy atom. The van der Waals surface area contributed by atoms with E-state index in [4.69, 9.17) is 5.11 Å². The molecule has 1 aromatic rings. The molecule has 1 fully saturated rings. The Kier molecular flexibility index (Phi) is 3.73. The molecule has 2 atom stereocenters. The Morgan fingerprint density at radius 3 is 2.78 bits per heavy atom. The highest BCUT2D eigenvalue weighted by molar-refractivity contribution is 9.10. The fraction of sp³-hybridized carbons (Fsp3) is 0.462. The van der Waals surface area contributed by atoms with Crippen LogP contribution < -0.4 is 5.32 Å². The van der Waals surface area contributed by atoms with Gasteiger partial charge in [0, 0.05) is 12.6 Å². The van der Waals surface area contributed by atoms with Crippen LogP contribution in [0.4, 0.5) is 4.39 Å². The number of nitrogens with one attached hydrogen (secondary N) is 1. The van der Waals surface area contributed by atoms with Crippen LogP contribution in [0.2, 0.25) is 0 Å². The van der Waals surface area contributed by atoms with Gasteiger partial charge in [-0.3, -0.25) is 4.79 Å². The SMILES string of the molecule is Cc1cc(F)c(Br)c(C2CC(C(=O)O)CN2)c1C. The lowest BCUT2D eigenvalue weighted by Crippen LogP contribution is -2.18. The molecule has 1 aliphatic rings. The van der Waals surface area contributed by atoms with Crippen LogP contribution in [0.15, 0.2) is 10.5 Å². The van der Waals surface area contributed by atoms with E-state index in [-0.39, 0.29) is 11.9 Å². The van der Waals surface area contributed by atoms with Crippen molar-refractivity contribution in [3.63, 3.8) is 0 Å². The molecular formula is C13H15BrFNO2. The molecule has 1 aromatic carbocycles. The normalized spacial score (nSPS) is 23.3. The molecule has 1 saturated heterocycles. The van der Waals surface area contributed by atoms with Crippen LogP contribution in [0, 0.1) is 25.6 Å². The number of aliphatic carboxylic acids is 1. The van der Waals surface area contributed by atoms with Gasteiger partial charge in [-0.2, -0.15) is 0 Å². The van der Waals surface area contributed by atoms with Gasteiger partial charge >= 0.3 is 5.97 Å². The maximum atomic E-state index is 13.7. The Balaban J connectivity index is 2.38. The molecule has 2 unspecified atom stereocenters. The van der Waals surface area contributed by atoms with Gasteiger partial charge in [-0.1, -0.05) is 0 Å². The van der Waals surface area contributed by atoms with Crippen molar-refractivity contribution < 1.29 is 14.3 Å². The minimum absolute atomic E-state index is 0.102. The second-order valence-corrected chi connectivity index (χ2v) is 5.55. The summed E-state index contributed by atoms with van der Waals surface area (Å²) in [6.07, 6.45) is 0.498. The fourth-order valence-corrected chi connectivity index (χ4v) is 3.11. The number of halogens is 2. The first-order valence-electron chi connectivity index (χ1n) is 5.83. The molecule has 1 heterocycles. The van der Waals surface area contributed by atoms with E-state index in [2.05, 4.69) is 21.2 Å². The van der Waals surface area contributed by atoms with Crippen molar-refractivity contribution in [3.05, 3.63) is 33.0 Å².